The van der Waals surface area contributed by atoms with Crippen LogP contribution in [0.3, 0.4) is 0 Å². The van der Waals surface area contributed by atoms with Crippen LogP contribution in [-0.2, 0) is 14.5 Å². The van der Waals surface area contributed by atoms with Crippen molar-refractivity contribution in [3.05, 3.63) is 30.0 Å². The number of rotatable bonds is 5. The average Bonchev–Trinajstić information content (AvgIpc) is 2.94. The second-order valence-corrected chi connectivity index (χ2v) is 9.33. The van der Waals surface area contributed by atoms with Crippen LogP contribution in [0.25, 0.3) is 10.6 Å². The Morgan fingerprint density at radius 3 is 2.85 bits per heavy atom. The number of nitrogens with zero attached hydrogens (tertiary/aromatic N) is 5. The third kappa shape index (κ3) is 4.62. The Bertz CT molecular complexity index is 989. The van der Waals surface area contributed by atoms with Crippen LogP contribution in [-0.4, -0.2) is 39.1 Å². The summed E-state index contributed by atoms with van der Waals surface area (Å²) >= 11 is 1.24. The van der Waals surface area contributed by atoms with Gasteiger partial charge in [0, 0.05) is 36.7 Å². The summed E-state index contributed by atoms with van der Waals surface area (Å²) in [6.45, 7) is 3.40. The van der Waals surface area contributed by atoms with Gasteiger partial charge >= 0.3 is 0 Å². The van der Waals surface area contributed by atoms with Gasteiger partial charge in [-0.3, -0.25) is 9.78 Å². The van der Waals surface area contributed by atoms with Crippen molar-refractivity contribution in [3.8, 4) is 16.8 Å². The first-order chi connectivity index (χ1) is 12.1. The van der Waals surface area contributed by atoms with Gasteiger partial charge in [0.15, 0.2) is 0 Å². The molecule has 2 atom stereocenters. The normalized spacial score (nSPS) is 14.2. The fourth-order valence-corrected chi connectivity index (χ4v) is 4.77. The molecule has 0 aromatic carbocycles. The summed E-state index contributed by atoms with van der Waals surface area (Å²) in [7, 11) is -1.14. The summed E-state index contributed by atoms with van der Waals surface area (Å²) in [5.74, 6) is -1.32. The van der Waals surface area contributed by atoms with E-state index in [0.29, 0.717) is 21.3 Å². The highest BCUT2D eigenvalue weighted by atomic mass is 32.2. The molecule has 0 bridgehead atoms. The smallest absolute Gasteiger partial charge is 0.231 e. The van der Waals surface area contributed by atoms with E-state index in [0.717, 1.165) is 6.20 Å². The van der Waals surface area contributed by atoms with Gasteiger partial charge in [0.05, 0.1) is 21.6 Å². The molecule has 0 saturated carbocycles. The molecule has 2 aromatic heterocycles. The van der Waals surface area contributed by atoms with Crippen molar-refractivity contribution in [3.63, 3.8) is 0 Å². The molecule has 0 aliphatic rings. The number of aromatic nitrogens is 2. The summed E-state index contributed by atoms with van der Waals surface area (Å²) < 4.78 is 28.9. The summed E-state index contributed by atoms with van der Waals surface area (Å²) in [5, 5.41) is 9.74. The van der Waals surface area contributed by atoms with Crippen molar-refractivity contribution in [2.24, 2.45) is 10.3 Å². The topological polar surface area (TPSA) is 99.3 Å². The predicted octanol–water partition coefficient (Wildman–Crippen LogP) is 2.83. The number of halogens is 1. The number of amides is 1. The van der Waals surface area contributed by atoms with Crippen LogP contribution in [0.15, 0.2) is 22.8 Å². The van der Waals surface area contributed by atoms with E-state index in [2.05, 4.69) is 14.3 Å². The Morgan fingerprint density at radius 2 is 2.23 bits per heavy atom. The Morgan fingerprint density at radius 1 is 1.54 bits per heavy atom. The fourth-order valence-electron chi connectivity index (χ4n) is 2.44. The van der Waals surface area contributed by atoms with Crippen LogP contribution in [0.5, 0.6) is 0 Å². The molecule has 7 nitrogen and oxygen atoms in total. The number of pyridine rings is 1. The van der Waals surface area contributed by atoms with Gasteiger partial charge in [0.25, 0.3) is 0 Å². The zero-order chi connectivity index (χ0) is 19.5. The molecular weight excluding hydrogens is 377 g/mol. The lowest BCUT2D eigenvalue weighted by atomic mass is 10.2. The van der Waals surface area contributed by atoms with Crippen LogP contribution < -0.4 is 4.90 Å². The lowest BCUT2D eigenvalue weighted by molar-refractivity contribution is -0.120. The minimum Gasteiger partial charge on any atom is -0.305 e. The van der Waals surface area contributed by atoms with E-state index < -0.39 is 21.5 Å². The van der Waals surface area contributed by atoms with E-state index in [-0.39, 0.29) is 11.7 Å². The predicted molar refractivity (Wildman–Crippen MR) is 99.6 cm³/mol. The number of aryl methyl sites for hydroxylation is 1. The largest absolute Gasteiger partial charge is 0.305 e. The van der Waals surface area contributed by atoms with Crippen molar-refractivity contribution >= 4 is 32.0 Å². The van der Waals surface area contributed by atoms with E-state index in [1.54, 1.807) is 20.9 Å². The molecule has 2 aromatic rings. The number of hydrogen-bond acceptors (Lipinski definition) is 7. The lowest BCUT2D eigenvalue weighted by Crippen LogP contribution is -2.34. The molecule has 138 valence electrons. The van der Waals surface area contributed by atoms with E-state index in [4.69, 9.17) is 5.26 Å². The molecule has 0 N–H and O–H groups in total. The SMILES string of the molecule is Cc1nc(-c2cncc(F)c2)sc1N(C)C(=O)C(C)CS(C)(=O)=NC#N. The van der Waals surface area contributed by atoms with Gasteiger partial charge in [0.1, 0.15) is 15.8 Å². The first kappa shape index (κ1) is 19.9. The Hall–Kier alpha value is -2.38. The van der Waals surface area contributed by atoms with E-state index in [1.165, 1.54) is 40.9 Å². The zero-order valence-electron chi connectivity index (χ0n) is 14.8. The van der Waals surface area contributed by atoms with Gasteiger partial charge in [-0.2, -0.15) is 5.26 Å². The van der Waals surface area contributed by atoms with Gasteiger partial charge in [0.2, 0.25) is 12.1 Å². The summed E-state index contributed by atoms with van der Waals surface area (Å²) in [6, 6.07) is 1.33. The van der Waals surface area contributed by atoms with Gasteiger partial charge in [-0.25, -0.2) is 13.6 Å². The van der Waals surface area contributed by atoms with Crippen LogP contribution in [0.1, 0.15) is 12.6 Å². The molecule has 0 aliphatic carbocycles. The molecule has 0 fully saturated rings. The van der Waals surface area contributed by atoms with Crippen molar-refractivity contribution in [1.29, 1.82) is 5.26 Å². The van der Waals surface area contributed by atoms with Gasteiger partial charge in [-0.1, -0.05) is 18.3 Å². The molecule has 26 heavy (non-hydrogen) atoms. The molecule has 10 heteroatoms. The highest BCUT2D eigenvalue weighted by Crippen LogP contribution is 2.34. The van der Waals surface area contributed by atoms with Crippen LogP contribution in [0, 0.1) is 30.1 Å². The number of anilines is 1. The maximum atomic E-state index is 13.4. The molecule has 1 amide bonds. The Kier molecular flexibility index (Phi) is 6.05. The fraction of sp³-hybridized carbons (Fsp3) is 0.375. The summed E-state index contributed by atoms with van der Waals surface area (Å²) in [4.78, 5) is 22.3. The molecule has 0 radical (unpaired) electrons. The number of nitriles is 1. The monoisotopic (exact) mass is 395 g/mol. The number of thiazole rings is 1. The third-order valence-corrected chi connectivity index (χ3v) is 6.44. The standard InChI is InChI=1S/C16H18FN5O2S2/c1-10(8-26(4,24)20-9-18)15(23)22(3)16-11(2)21-14(25-16)12-5-13(17)7-19-6-12/h5-7,10H,8H2,1-4H3. The Balaban J connectivity index is 2.26. The molecular formula is C16H18FN5O2S2. The quantitative estimate of drug-likeness (QED) is 0.725. The maximum absolute atomic E-state index is 13.4. The third-order valence-electron chi connectivity index (χ3n) is 3.57. The van der Waals surface area contributed by atoms with Gasteiger partial charge < -0.3 is 4.90 Å². The highest BCUT2D eigenvalue weighted by Gasteiger charge is 2.25. The second kappa shape index (κ2) is 7.88. The summed E-state index contributed by atoms with van der Waals surface area (Å²) in [5.41, 5.74) is 1.15. The zero-order valence-corrected chi connectivity index (χ0v) is 16.4. The van der Waals surface area contributed by atoms with Gasteiger partial charge in [-0.15, -0.1) is 4.36 Å². The van der Waals surface area contributed by atoms with Crippen molar-refractivity contribution in [2.45, 2.75) is 13.8 Å². The minimum atomic E-state index is -2.74. The van der Waals surface area contributed by atoms with E-state index in [1.807, 2.05) is 0 Å². The molecule has 2 heterocycles. The van der Waals surface area contributed by atoms with Gasteiger partial charge in [-0.05, 0) is 13.0 Å². The molecule has 0 spiro atoms. The van der Waals surface area contributed by atoms with Crippen molar-refractivity contribution in [1.82, 2.24) is 9.97 Å². The van der Waals surface area contributed by atoms with Crippen LogP contribution >= 0.6 is 11.3 Å². The second-order valence-electron chi connectivity index (χ2n) is 5.92. The molecule has 0 aliphatic heterocycles. The van der Waals surface area contributed by atoms with E-state index in [9.17, 15) is 13.4 Å². The first-order valence-electron chi connectivity index (χ1n) is 7.58. The molecule has 2 rings (SSSR count). The maximum Gasteiger partial charge on any atom is 0.231 e. The van der Waals surface area contributed by atoms with E-state index >= 15 is 0 Å². The Labute approximate surface area is 155 Å². The minimum absolute atomic E-state index is 0.0116. The highest BCUT2D eigenvalue weighted by molar-refractivity contribution is 7.93. The summed E-state index contributed by atoms with van der Waals surface area (Å²) in [6.07, 6.45) is 5.50. The number of carbonyl (C=O) groups excluding carboxylic acids is 1. The van der Waals surface area contributed by atoms with Crippen molar-refractivity contribution < 1.29 is 13.4 Å². The molecule has 2 unspecified atom stereocenters. The average molecular weight is 395 g/mol. The first-order valence-corrected chi connectivity index (χ1v) is 10.5. The van der Waals surface area contributed by atoms with Crippen LogP contribution in [0.2, 0.25) is 0 Å². The number of carbonyl (C=O) groups is 1. The lowest BCUT2D eigenvalue weighted by Gasteiger charge is -2.20. The van der Waals surface area contributed by atoms with Crippen molar-refractivity contribution in [2.75, 3.05) is 24.0 Å². The number of hydrogen-bond donors (Lipinski definition) is 0. The van der Waals surface area contributed by atoms with Crippen LogP contribution in [0.4, 0.5) is 9.39 Å². The molecule has 0 saturated heterocycles.